The minimum atomic E-state index is -0.579. The van der Waals surface area contributed by atoms with Crippen LogP contribution in [0.25, 0.3) is 0 Å². The first kappa shape index (κ1) is 19.7. The molecule has 1 aromatic carbocycles. The van der Waals surface area contributed by atoms with E-state index in [1.54, 1.807) is 23.1 Å². The molecule has 0 saturated heterocycles. The van der Waals surface area contributed by atoms with Crippen molar-refractivity contribution < 1.29 is 18.7 Å². The van der Waals surface area contributed by atoms with Crippen molar-refractivity contribution in [3.8, 4) is 0 Å². The van der Waals surface area contributed by atoms with Crippen LogP contribution in [-0.2, 0) is 11.3 Å². The number of rotatable bonds is 5. The van der Waals surface area contributed by atoms with Crippen molar-refractivity contribution in [3.05, 3.63) is 51.7 Å². The average molecular weight is 411 g/mol. The minimum absolute atomic E-state index is 0.0779. The topological polar surface area (TPSA) is 72.6 Å². The van der Waals surface area contributed by atoms with E-state index in [4.69, 9.17) is 27.6 Å². The average Bonchev–Trinajstić information content (AvgIpc) is 3.16. The number of halogens is 2. The Morgan fingerprint density at radius 1 is 1.22 bits per heavy atom. The number of amides is 1. The van der Waals surface area contributed by atoms with Crippen molar-refractivity contribution in [2.24, 2.45) is 0 Å². The molecule has 27 heavy (non-hydrogen) atoms. The highest BCUT2D eigenvalue weighted by Crippen LogP contribution is 2.28. The summed E-state index contributed by atoms with van der Waals surface area (Å²) in [4.78, 5) is 30.6. The zero-order chi connectivity index (χ0) is 19.4. The van der Waals surface area contributed by atoms with Gasteiger partial charge in [-0.15, -0.1) is 0 Å². The summed E-state index contributed by atoms with van der Waals surface area (Å²) < 4.78 is 10.0. The van der Waals surface area contributed by atoms with Crippen molar-refractivity contribution in [2.75, 3.05) is 7.11 Å². The SMILES string of the molecule is COC(=O)c1coc(CN(C(=O)c2ccc(Cl)c(Cl)c2)C2CCCCC2)n1. The molecule has 144 valence electrons. The maximum Gasteiger partial charge on any atom is 0.360 e. The molecular formula is C19H20Cl2N2O4. The predicted molar refractivity (Wildman–Crippen MR) is 101 cm³/mol. The third-order valence-electron chi connectivity index (χ3n) is 4.69. The first-order valence-electron chi connectivity index (χ1n) is 8.78. The molecule has 0 aliphatic heterocycles. The van der Waals surface area contributed by atoms with Crippen molar-refractivity contribution in [1.29, 1.82) is 0 Å². The molecule has 0 radical (unpaired) electrons. The Kier molecular flexibility index (Phi) is 6.39. The van der Waals surface area contributed by atoms with Gasteiger partial charge < -0.3 is 14.1 Å². The highest BCUT2D eigenvalue weighted by molar-refractivity contribution is 6.42. The zero-order valence-corrected chi connectivity index (χ0v) is 16.4. The molecule has 0 atom stereocenters. The van der Waals surface area contributed by atoms with E-state index in [0.29, 0.717) is 15.6 Å². The summed E-state index contributed by atoms with van der Waals surface area (Å²) in [6, 6.07) is 4.91. The van der Waals surface area contributed by atoms with E-state index >= 15 is 0 Å². The second-order valence-electron chi connectivity index (χ2n) is 6.47. The van der Waals surface area contributed by atoms with Gasteiger partial charge in [0, 0.05) is 11.6 Å². The van der Waals surface area contributed by atoms with Gasteiger partial charge >= 0.3 is 5.97 Å². The minimum Gasteiger partial charge on any atom is -0.464 e. The molecule has 1 aliphatic rings. The first-order chi connectivity index (χ1) is 13.0. The van der Waals surface area contributed by atoms with Gasteiger partial charge in [-0.25, -0.2) is 9.78 Å². The molecule has 1 heterocycles. The molecule has 1 saturated carbocycles. The number of oxazole rings is 1. The van der Waals surface area contributed by atoms with Crippen LogP contribution in [0.5, 0.6) is 0 Å². The van der Waals surface area contributed by atoms with Crippen LogP contribution in [0.4, 0.5) is 0 Å². The zero-order valence-electron chi connectivity index (χ0n) is 14.9. The number of benzene rings is 1. The summed E-state index contributed by atoms with van der Waals surface area (Å²) in [5, 5.41) is 0.725. The summed E-state index contributed by atoms with van der Waals surface area (Å²) in [6.07, 6.45) is 6.36. The quantitative estimate of drug-likeness (QED) is 0.665. The third kappa shape index (κ3) is 4.62. The molecule has 0 unspecified atom stereocenters. The molecule has 6 nitrogen and oxygen atoms in total. The Morgan fingerprint density at radius 2 is 1.96 bits per heavy atom. The van der Waals surface area contributed by atoms with Gasteiger partial charge in [0.05, 0.1) is 23.7 Å². The number of methoxy groups -OCH3 is 1. The molecule has 8 heteroatoms. The molecule has 1 fully saturated rings. The predicted octanol–water partition coefficient (Wildman–Crippen LogP) is 4.74. The number of aromatic nitrogens is 1. The highest BCUT2D eigenvalue weighted by Gasteiger charge is 2.28. The molecular weight excluding hydrogens is 391 g/mol. The van der Waals surface area contributed by atoms with Gasteiger partial charge in [-0.05, 0) is 31.0 Å². The van der Waals surface area contributed by atoms with E-state index in [1.165, 1.54) is 13.4 Å². The molecule has 1 aromatic heterocycles. The van der Waals surface area contributed by atoms with Crippen LogP contribution in [0.3, 0.4) is 0 Å². The van der Waals surface area contributed by atoms with Crippen molar-refractivity contribution >= 4 is 35.1 Å². The molecule has 0 N–H and O–H groups in total. The molecule has 0 bridgehead atoms. The van der Waals surface area contributed by atoms with E-state index in [2.05, 4.69) is 9.72 Å². The van der Waals surface area contributed by atoms with E-state index < -0.39 is 5.97 Å². The normalized spacial score (nSPS) is 14.8. The fraction of sp³-hybridized carbons (Fsp3) is 0.421. The lowest BCUT2D eigenvalue weighted by Gasteiger charge is -2.33. The van der Waals surface area contributed by atoms with E-state index in [0.717, 1.165) is 32.1 Å². The lowest BCUT2D eigenvalue weighted by Crippen LogP contribution is -2.41. The number of hydrogen-bond acceptors (Lipinski definition) is 5. The van der Waals surface area contributed by atoms with Crippen LogP contribution in [0, 0.1) is 0 Å². The Bertz CT molecular complexity index is 831. The van der Waals surface area contributed by atoms with Crippen LogP contribution in [0.15, 0.2) is 28.9 Å². The molecule has 3 rings (SSSR count). The monoisotopic (exact) mass is 410 g/mol. The van der Waals surface area contributed by atoms with Gasteiger partial charge in [0.25, 0.3) is 5.91 Å². The van der Waals surface area contributed by atoms with Crippen LogP contribution in [-0.4, -0.2) is 34.9 Å². The largest absolute Gasteiger partial charge is 0.464 e. The van der Waals surface area contributed by atoms with Gasteiger partial charge in [-0.1, -0.05) is 42.5 Å². The van der Waals surface area contributed by atoms with Crippen LogP contribution in [0.2, 0.25) is 10.0 Å². The lowest BCUT2D eigenvalue weighted by atomic mass is 9.93. The van der Waals surface area contributed by atoms with Crippen LogP contribution >= 0.6 is 23.2 Å². The van der Waals surface area contributed by atoms with Gasteiger partial charge in [0.1, 0.15) is 6.26 Å². The Labute approximate surface area is 167 Å². The Morgan fingerprint density at radius 3 is 2.63 bits per heavy atom. The van der Waals surface area contributed by atoms with E-state index in [-0.39, 0.29) is 30.1 Å². The highest BCUT2D eigenvalue weighted by atomic mass is 35.5. The van der Waals surface area contributed by atoms with Crippen LogP contribution in [0.1, 0.15) is 58.8 Å². The second kappa shape index (κ2) is 8.76. The summed E-state index contributed by atoms with van der Waals surface area (Å²) in [7, 11) is 1.28. The Hall–Kier alpha value is -2.05. The maximum atomic E-state index is 13.2. The Balaban J connectivity index is 1.86. The maximum absolute atomic E-state index is 13.2. The number of esters is 1. The standard InChI is InChI=1S/C19H20Cl2N2O4/c1-26-19(25)16-11-27-17(22-16)10-23(13-5-3-2-4-6-13)18(24)12-7-8-14(20)15(21)9-12/h7-9,11,13H,2-6,10H2,1H3. The second-order valence-corrected chi connectivity index (χ2v) is 7.29. The van der Waals surface area contributed by atoms with E-state index in [9.17, 15) is 9.59 Å². The van der Waals surface area contributed by atoms with Gasteiger partial charge in [-0.3, -0.25) is 4.79 Å². The fourth-order valence-corrected chi connectivity index (χ4v) is 3.58. The lowest BCUT2D eigenvalue weighted by molar-refractivity contribution is 0.0590. The summed E-state index contributed by atoms with van der Waals surface area (Å²) >= 11 is 12.0. The number of hydrogen-bond donors (Lipinski definition) is 0. The fourth-order valence-electron chi connectivity index (χ4n) is 3.28. The molecule has 1 aliphatic carbocycles. The summed E-state index contributed by atoms with van der Waals surface area (Å²) in [6.45, 7) is 0.167. The summed E-state index contributed by atoms with van der Waals surface area (Å²) in [5.74, 6) is -0.460. The van der Waals surface area contributed by atoms with Crippen molar-refractivity contribution in [3.63, 3.8) is 0 Å². The number of carbonyl (C=O) groups is 2. The third-order valence-corrected chi connectivity index (χ3v) is 5.43. The number of nitrogens with zero attached hydrogens (tertiary/aromatic N) is 2. The number of carbonyl (C=O) groups excluding carboxylic acids is 2. The van der Waals surface area contributed by atoms with Crippen LogP contribution < -0.4 is 0 Å². The van der Waals surface area contributed by atoms with Crippen molar-refractivity contribution in [1.82, 2.24) is 9.88 Å². The summed E-state index contributed by atoms with van der Waals surface area (Å²) in [5.41, 5.74) is 0.535. The van der Waals surface area contributed by atoms with Gasteiger partial charge in [0.2, 0.25) is 5.89 Å². The van der Waals surface area contributed by atoms with Crippen molar-refractivity contribution in [2.45, 2.75) is 44.7 Å². The van der Waals surface area contributed by atoms with Gasteiger partial charge in [-0.2, -0.15) is 0 Å². The molecule has 0 spiro atoms. The number of ether oxygens (including phenoxy) is 1. The van der Waals surface area contributed by atoms with Gasteiger partial charge in [0.15, 0.2) is 5.69 Å². The first-order valence-corrected chi connectivity index (χ1v) is 9.54. The smallest absolute Gasteiger partial charge is 0.360 e. The molecule has 2 aromatic rings. The van der Waals surface area contributed by atoms with E-state index in [1.807, 2.05) is 0 Å². The molecule has 1 amide bonds.